The van der Waals surface area contributed by atoms with E-state index in [0.717, 1.165) is 6.07 Å². The van der Waals surface area contributed by atoms with Gasteiger partial charge in [0, 0.05) is 29.4 Å². The molecule has 0 bridgehead atoms. The van der Waals surface area contributed by atoms with E-state index < -0.39 is 16.8 Å². The number of aromatic nitrogens is 4. The molecule has 0 aliphatic rings. The first-order valence-corrected chi connectivity index (χ1v) is 14.0. The number of aromatic amines is 2. The summed E-state index contributed by atoms with van der Waals surface area (Å²) in [5.41, 5.74) is 3.03. The zero-order chi connectivity index (χ0) is 31.7. The van der Waals surface area contributed by atoms with Crippen molar-refractivity contribution < 1.29 is 14.5 Å². The van der Waals surface area contributed by atoms with Crippen molar-refractivity contribution in [3.63, 3.8) is 0 Å². The first kappa shape index (κ1) is 28.9. The summed E-state index contributed by atoms with van der Waals surface area (Å²) in [6.07, 6.45) is 0. The Morgan fingerprint density at radius 2 is 1.24 bits per heavy atom. The zero-order valence-corrected chi connectivity index (χ0v) is 24.3. The van der Waals surface area contributed by atoms with Crippen molar-refractivity contribution in [3.05, 3.63) is 174 Å². The Balaban J connectivity index is 1.44. The fourth-order valence-corrected chi connectivity index (χ4v) is 5.44. The van der Waals surface area contributed by atoms with Gasteiger partial charge in [0.25, 0.3) is 16.8 Å². The Kier molecular flexibility index (Phi) is 7.57. The van der Waals surface area contributed by atoms with Gasteiger partial charge in [-0.25, -0.2) is 14.2 Å². The third-order valence-corrected chi connectivity index (χ3v) is 7.56. The lowest BCUT2D eigenvalue weighted by Crippen LogP contribution is -2.25. The highest BCUT2D eigenvalue weighted by molar-refractivity contribution is 5.91. The standard InChI is InChI=1S/C34H27N5O6/c1-21-29(32(40)37(35-21)25-11-5-3-6-12-25)31(30-22(2)36-38(33(30)41)26-13-7-4-8-14-26)23-16-18-28(19-17-23)45-34(42)24-10-9-15-27(20-24)39(43)44/h3-20,31,35-36H,1-2H3. The molecule has 0 radical (unpaired) electrons. The van der Waals surface area contributed by atoms with Crippen LogP contribution in [-0.2, 0) is 0 Å². The number of nitrogens with zero attached hydrogens (tertiary/aromatic N) is 3. The molecular formula is C34H27N5O6. The minimum absolute atomic E-state index is 0.0278. The molecule has 6 rings (SSSR count). The topological polar surface area (TPSA) is 145 Å². The van der Waals surface area contributed by atoms with Gasteiger partial charge in [-0.2, -0.15) is 0 Å². The van der Waals surface area contributed by atoms with Crippen LogP contribution in [0.15, 0.2) is 119 Å². The average molecular weight is 602 g/mol. The number of benzene rings is 4. The number of carbonyl (C=O) groups excluding carboxylic acids is 1. The summed E-state index contributed by atoms with van der Waals surface area (Å²) in [5.74, 6) is -1.36. The Morgan fingerprint density at radius 1 is 0.733 bits per heavy atom. The molecule has 0 spiro atoms. The number of carbonyl (C=O) groups is 1. The molecule has 2 heterocycles. The zero-order valence-electron chi connectivity index (χ0n) is 24.3. The van der Waals surface area contributed by atoms with Gasteiger partial charge in [-0.15, -0.1) is 0 Å². The summed E-state index contributed by atoms with van der Waals surface area (Å²) in [6.45, 7) is 3.58. The van der Waals surface area contributed by atoms with E-state index in [4.69, 9.17) is 4.74 Å². The van der Waals surface area contributed by atoms with E-state index in [1.54, 1.807) is 38.1 Å². The van der Waals surface area contributed by atoms with Gasteiger partial charge < -0.3 is 4.74 Å². The summed E-state index contributed by atoms with van der Waals surface area (Å²) >= 11 is 0. The fraction of sp³-hybridized carbons (Fsp3) is 0.0882. The number of nitro benzene ring substituents is 1. The molecule has 0 saturated heterocycles. The van der Waals surface area contributed by atoms with Gasteiger partial charge in [-0.1, -0.05) is 54.6 Å². The number of hydrogen-bond acceptors (Lipinski definition) is 6. The normalized spacial score (nSPS) is 11.1. The largest absolute Gasteiger partial charge is 0.423 e. The average Bonchev–Trinajstić information content (AvgIpc) is 3.52. The predicted octanol–water partition coefficient (Wildman–Crippen LogP) is 5.57. The van der Waals surface area contributed by atoms with Crippen molar-refractivity contribution in [3.8, 4) is 17.1 Å². The van der Waals surface area contributed by atoms with Gasteiger partial charge in [0.15, 0.2) is 0 Å². The first-order chi connectivity index (χ1) is 21.7. The van der Waals surface area contributed by atoms with Gasteiger partial charge >= 0.3 is 5.97 Å². The second kappa shape index (κ2) is 11.8. The number of rotatable bonds is 8. The van der Waals surface area contributed by atoms with Gasteiger partial charge in [-0.05, 0) is 61.9 Å². The van der Waals surface area contributed by atoms with E-state index in [1.807, 2.05) is 60.7 Å². The number of nitrogens with one attached hydrogen (secondary N) is 2. The maximum absolute atomic E-state index is 14.0. The van der Waals surface area contributed by atoms with Crippen LogP contribution in [0, 0.1) is 24.0 Å². The predicted molar refractivity (Wildman–Crippen MR) is 168 cm³/mol. The van der Waals surface area contributed by atoms with Crippen LogP contribution in [0.3, 0.4) is 0 Å². The number of non-ortho nitro benzene ring substituents is 1. The van der Waals surface area contributed by atoms with Gasteiger partial charge in [-0.3, -0.25) is 29.9 Å². The summed E-state index contributed by atoms with van der Waals surface area (Å²) in [7, 11) is 0. The highest BCUT2D eigenvalue weighted by atomic mass is 16.6. The molecule has 11 heteroatoms. The SMILES string of the molecule is Cc1[nH]n(-c2ccccc2)c(=O)c1C(c1ccc(OC(=O)c2cccc([N+](=O)[O-])c2)cc1)c1c(C)[nH]n(-c2ccccc2)c1=O. The van der Waals surface area contributed by atoms with Crippen LogP contribution in [0.4, 0.5) is 5.69 Å². The first-order valence-electron chi connectivity index (χ1n) is 14.0. The molecule has 0 aliphatic carbocycles. The minimum Gasteiger partial charge on any atom is -0.423 e. The smallest absolute Gasteiger partial charge is 0.343 e. The van der Waals surface area contributed by atoms with Crippen molar-refractivity contribution >= 4 is 11.7 Å². The van der Waals surface area contributed by atoms with Crippen molar-refractivity contribution in [2.75, 3.05) is 0 Å². The van der Waals surface area contributed by atoms with E-state index >= 15 is 0 Å². The lowest BCUT2D eigenvalue weighted by atomic mass is 9.85. The van der Waals surface area contributed by atoms with Crippen LogP contribution in [0.1, 0.15) is 44.4 Å². The van der Waals surface area contributed by atoms with Gasteiger partial charge in [0.1, 0.15) is 5.75 Å². The lowest BCUT2D eigenvalue weighted by Gasteiger charge is -2.16. The maximum atomic E-state index is 14.0. The number of para-hydroxylation sites is 2. The van der Waals surface area contributed by atoms with E-state index in [0.29, 0.717) is 39.5 Å². The second-order valence-electron chi connectivity index (χ2n) is 10.5. The maximum Gasteiger partial charge on any atom is 0.343 e. The van der Waals surface area contributed by atoms with E-state index in [-0.39, 0.29) is 28.1 Å². The third-order valence-electron chi connectivity index (χ3n) is 7.56. The molecule has 0 atom stereocenters. The van der Waals surface area contributed by atoms with E-state index in [2.05, 4.69) is 10.2 Å². The highest BCUT2D eigenvalue weighted by Crippen LogP contribution is 2.33. The Bertz CT molecular complexity index is 2040. The van der Waals surface area contributed by atoms with Gasteiger partial charge in [0.05, 0.1) is 33.0 Å². The Labute approximate surface area is 256 Å². The number of esters is 1. The van der Waals surface area contributed by atoms with Crippen molar-refractivity contribution in [2.24, 2.45) is 0 Å². The summed E-state index contributed by atoms with van der Waals surface area (Å²) < 4.78 is 8.39. The van der Waals surface area contributed by atoms with Crippen molar-refractivity contribution in [1.29, 1.82) is 0 Å². The molecule has 11 nitrogen and oxygen atoms in total. The molecule has 6 aromatic rings. The number of aryl methyl sites for hydroxylation is 2. The number of hydrogen-bond donors (Lipinski definition) is 2. The second-order valence-corrected chi connectivity index (χ2v) is 10.5. The van der Waals surface area contributed by atoms with Crippen LogP contribution in [0.2, 0.25) is 0 Å². The molecule has 224 valence electrons. The van der Waals surface area contributed by atoms with Crippen LogP contribution >= 0.6 is 0 Å². The molecule has 0 saturated carbocycles. The number of ether oxygens (including phenoxy) is 1. The summed E-state index contributed by atoms with van der Waals surface area (Å²) in [6, 6.07) is 30.1. The van der Waals surface area contributed by atoms with Crippen LogP contribution in [0.5, 0.6) is 5.75 Å². The van der Waals surface area contributed by atoms with Crippen LogP contribution < -0.4 is 15.9 Å². The van der Waals surface area contributed by atoms with E-state index in [9.17, 15) is 24.5 Å². The Morgan fingerprint density at radius 3 is 1.73 bits per heavy atom. The van der Waals surface area contributed by atoms with Crippen molar-refractivity contribution in [1.82, 2.24) is 19.6 Å². The van der Waals surface area contributed by atoms with Crippen molar-refractivity contribution in [2.45, 2.75) is 19.8 Å². The fourth-order valence-electron chi connectivity index (χ4n) is 5.44. The molecule has 2 N–H and O–H groups in total. The third kappa shape index (κ3) is 5.50. The summed E-state index contributed by atoms with van der Waals surface area (Å²) in [5, 5.41) is 17.5. The molecule has 4 aromatic carbocycles. The number of H-pyrrole nitrogens is 2. The molecular weight excluding hydrogens is 574 g/mol. The number of nitro groups is 1. The van der Waals surface area contributed by atoms with Crippen LogP contribution in [-0.4, -0.2) is 30.5 Å². The Hall–Kier alpha value is -6.23. The quantitative estimate of drug-likeness (QED) is 0.101. The molecule has 45 heavy (non-hydrogen) atoms. The van der Waals surface area contributed by atoms with Crippen LogP contribution in [0.25, 0.3) is 11.4 Å². The summed E-state index contributed by atoms with van der Waals surface area (Å²) in [4.78, 5) is 51.3. The molecule has 0 amide bonds. The lowest BCUT2D eigenvalue weighted by molar-refractivity contribution is -0.384. The van der Waals surface area contributed by atoms with Gasteiger partial charge in [0.2, 0.25) is 0 Å². The highest BCUT2D eigenvalue weighted by Gasteiger charge is 2.31. The van der Waals surface area contributed by atoms with E-state index in [1.165, 1.54) is 27.6 Å². The molecule has 2 aromatic heterocycles. The molecule has 0 unspecified atom stereocenters. The monoisotopic (exact) mass is 601 g/mol. The molecule has 0 fully saturated rings. The minimum atomic E-state index is -0.783. The molecule has 0 aliphatic heterocycles.